The van der Waals surface area contributed by atoms with Crippen molar-refractivity contribution in [1.29, 1.82) is 0 Å². The summed E-state index contributed by atoms with van der Waals surface area (Å²) in [6.07, 6.45) is 1.70. The number of hydrogen-bond acceptors (Lipinski definition) is 4. The summed E-state index contributed by atoms with van der Waals surface area (Å²) in [7, 11) is 0. The molecule has 0 bridgehead atoms. The predicted octanol–water partition coefficient (Wildman–Crippen LogP) is -0.689. The van der Waals surface area contributed by atoms with Crippen LogP contribution in [-0.4, -0.2) is 42.0 Å². The molecule has 8 nitrogen and oxygen atoms in total. The Labute approximate surface area is 132 Å². The highest BCUT2D eigenvalue weighted by Crippen LogP contribution is 2.32. The van der Waals surface area contributed by atoms with Gasteiger partial charge in [0.05, 0.1) is 18.8 Å². The molecule has 1 aromatic carbocycles. The first-order chi connectivity index (χ1) is 11.0. The molecule has 0 aromatic heterocycles. The molecule has 5 N–H and O–H groups in total. The van der Waals surface area contributed by atoms with Gasteiger partial charge in [-0.05, 0) is 11.6 Å². The van der Waals surface area contributed by atoms with Gasteiger partial charge in [-0.1, -0.05) is 18.2 Å². The van der Waals surface area contributed by atoms with E-state index in [1.807, 2.05) is 24.3 Å². The summed E-state index contributed by atoms with van der Waals surface area (Å²) in [6.45, 7) is -0.555. The fraction of sp³-hybridized carbons (Fsp3) is 0.267. The number of hydrogen-bond donors (Lipinski definition) is 4. The third-order valence-corrected chi connectivity index (χ3v) is 3.30. The Hall–Kier alpha value is -2.87. The molecule has 1 radical (unpaired) electrons. The Morgan fingerprint density at radius 2 is 1.96 bits per heavy atom. The molecule has 1 atom stereocenters. The van der Waals surface area contributed by atoms with E-state index in [9.17, 15) is 19.5 Å². The number of carbonyl (C=O) groups is 3. The van der Waals surface area contributed by atoms with Crippen LogP contribution in [-0.2, 0) is 14.4 Å². The maximum Gasteiger partial charge on any atom is 0.326 e. The van der Waals surface area contributed by atoms with E-state index in [2.05, 4.69) is 16.0 Å². The molecule has 23 heavy (non-hydrogen) atoms. The number of nitrogens with zero attached hydrogens (tertiary/aromatic N) is 1. The minimum atomic E-state index is -1.16. The van der Waals surface area contributed by atoms with Gasteiger partial charge >= 0.3 is 5.97 Å². The van der Waals surface area contributed by atoms with Crippen molar-refractivity contribution in [2.24, 2.45) is 5.73 Å². The van der Waals surface area contributed by atoms with Crippen LogP contribution < -0.4 is 21.7 Å². The van der Waals surface area contributed by atoms with Gasteiger partial charge in [0.15, 0.2) is 0 Å². The van der Waals surface area contributed by atoms with Gasteiger partial charge in [0, 0.05) is 18.2 Å². The SMILES string of the molecule is NCC(=O)NCC(=O)N[C@@H](CC1=C[N]c2ccccc21)C(=O)O. The number of nitrogens with one attached hydrogen (secondary N) is 2. The molecular formula is C15H17N4O4. The number of aliphatic carboxylic acids is 1. The third kappa shape index (κ3) is 4.30. The summed E-state index contributed by atoms with van der Waals surface area (Å²) in [5.74, 6) is -2.24. The van der Waals surface area contributed by atoms with Crippen LogP contribution >= 0.6 is 0 Å². The van der Waals surface area contributed by atoms with Crippen LogP contribution in [0.5, 0.6) is 0 Å². The normalized spacial score (nSPS) is 13.3. The molecule has 1 aliphatic rings. The standard InChI is InChI=1S/C15H17N4O4/c16-6-13(20)18-8-14(21)19-12(15(22)23)5-9-7-17-11-4-2-1-3-10(9)11/h1-4,7,12H,5-6,8,16H2,(H,18,20)(H,19,21)(H,22,23)/t12-/m0/s1. The number of carboxylic acid groups (broad SMARTS) is 1. The summed E-state index contributed by atoms with van der Waals surface area (Å²) in [5.41, 5.74) is 7.46. The minimum absolute atomic E-state index is 0.104. The van der Waals surface area contributed by atoms with Gasteiger partial charge in [-0.25, -0.2) is 4.79 Å². The van der Waals surface area contributed by atoms with Gasteiger partial charge in [0.1, 0.15) is 6.04 Å². The maximum absolute atomic E-state index is 11.7. The Kier molecular flexibility index (Phi) is 5.32. The average Bonchev–Trinajstić information content (AvgIpc) is 2.95. The zero-order valence-electron chi connectivity index (χ0n) is 12.3. The van der Waals surface area contributed by atoms with Crippen molar-refractivity contribution in [1.82, 2.24) is 16.0 Å². The third-order valence-electron chi connectivity index (χ3n) is 3.30. The van der Waals surface area contributed by atoms with E-state index in [1.54, 1.807) is 6.20 Å². The average molecular weight is 317 g/mol. The highest BCUT2D eigenvalue weighted by Gasteiger charge is 2.25. The van der Waals surface area contributed by atoms with E-state index in [-0.39, 0.29) is 19.5 Å². The number of carboxylic acids is 1. The minimum Gasteiger partial charge on any atom is -0.480 e. The number of benzene rings is 1. The zero-order chi connectivity index (χ0) is 16.8. The first kappa shape index (κ1) is 16.5. The first-order valence-electron chi connectivity index (χ1n) is 6.99. The number of fused-ring (bicyclic) bond motifs is 1. The van der Waals surface area contributed by atoms with E-state index in [1.165, 1.54) is 0 Å². The van der Waals surface area contributed by atoms with Crippen molar-refractivity contribution < 1.29 is 19.5 Å². The monoisotopic (exact) mass is 317 g/mol. The van der Waals surface area contributed by atoms with E-state index in [4.69, 9.17) is 5.73 Å². The summed E-state index contributed by atoms with van der Waals surface area (Å²) >= 11 is 0. The predicted molar refractivity (Wildman–Crippen MR) is 82.5 cm³/mol. The van der Waals surface area contributed by atoms with Crippen molar-refractivity contribution in [2.75, 3.05) is 13.1 Å². The van der Waals surface area contributed by atoms with Gasteiger partial charge in [-0.3, -0.25) is 14.9 Å². The lowest BCUT2D eigenvalue weighted by Crippen LogP contribution is -2.46. The van der Waals surface area contributed by atoms with Crippen LogP contribution in [0.3, 0.4) is 0 Å². The number of carbonyl (C=O) groups excluding carboxylic acids is 2. The highest BCUT2D eigenvalue weighted by molar-refractivity contribution is 5.90. The van der Waals surface area contributed by atoms with Crippen LogP contribution in [0.4, 0.5) is 5.69 Å². The molecule has 0 saturated carbocycles. The van der Waals surface area contributed by atoms with Crippen molar-refractivity contribution >= 4 is 29.0 Å². The lowest BCUT2D eigenvalue weighted by Gasteiger charge is -2.15. The van der Waals surface area contributed by atoms with Crippen LogP contribution in [0.1, 0.15) is 12.0 Å². The second-order valence-electron chi connectivity index (χ2n) is 4.94. The van der Waals surface area contributed by atoms with E-state index < -0.39 is 23.8 Å². The molecule has 121 valence electrons. The summed E-state index contributed by atoms with van der Waals surface area (Å²) in [5, 5.41) is 18.1. The quantitative estimate of drug-likeness (QED) is 0.528. The number of para-hydroxylation sites is 1. The fourth-order valence-electron chi connectivity index (χ4n) is 2.15. The van der Waals surface area contributed by atoms with Crippen LogP contribution in [0, 0.1) is 0 Å². The van der Waals surface area contributed by atoms with Gasteiger partial charge < -0.3 is 21.5 Å². The van der Waals surface area contributed by atoms with Crippen molar-refractivity contribution in [3.8, 4) is 0 Å². The molecule has 0 aliphatic carbocycles. The molecule has 0 fully saturated rings. The second kappa shape index (κ2) is 7.41. The fourth-order valence-corrected chi connectivity index (χ4v) is 2.15. The number of amides is 2. The Morgan fingerprint density at radius 3 is 2.65 bits per heavy atom. The lowest BCUT2D eigenvalue weighted by molar-refractivity contribution is -0.141. The summed E-state index contributed by atoms with van der Waals surface area (Å²) in [6, 6.07) is 6.25. The number of rotatable bonds is 7. The van der Waals surface area contributed by atoms with Gasteiger partial charge in [-0.15, -0.1) is 0 Å². The Balaban J connectivity index is 1.96. The molecule has 1 aromatic rings. The highest BCUT2D eigenvalue weighted by atomic mass is 16.4. The molecule has 2 amide bonds. The summed E-state index contributed by atoms with van der Waals surface area (Å²) in [4.78, 5) is 34.1. The van der Waals surface area contributed by atoms with E-state index in [0.29, 0.717) is 0 Å². The van der Waals surface area contributed by atoms with Crippen LogP contribution in [0.25, 0.3) is 5.57 Å². The maximum atomic E-state index is 11.7. The zero-order valence-corrected chi connectivity index (χ0v) is 12.3. The van der Waals surface area contributed by atoms with Crippen molar-refractivity contribution in [3.63, 3.8) is 0 Å². The molecule has 1 aliphatic heterocycles. The lowest BCUT2D eigenvalue weighted by atomic mass is 10.00. The topological polar surface area (TPSA) is 136 Å². The Morgan fingerprint density at radius 1 is 1.22 bits per heavy atom. The van der Waals surface area contributed by atoms with Gasteiger partial charge in [-0.2, -0.15) is 0 Å². The molecule has 0 spiro atoms. The smallest absolute Gasteiger partial charge is 0.326 e. The van der Waals surface area contributed by atoms with E-state index >= 15 is 0 Å². The van der Waals surface area contributed by atoms with Crippen LogP contribution in [0.15, 0.2) is 30.5 Å². The molecule has 2 rings (SSSR count). The number of nitrogens with two attached hydrogens (primary N) is 1. The molecule has 0 unspecified atom stereocenters. The van der Waals surface area contributed by atoms with Crippen molar-refractivity contribution in [2.45, 2.75) is 12.5 Å². The van der Waals surface area contributed by atoms with E-state index in [0.717, 1.165) is 16.8 Å². The molecule has 0 saturated heterocycles. The molecule has 1 heterocycles. The first-order valence-corrected chi connectivity index (χ1v) is 6.99. The largest absolute Gasteiger partial charge is 0.480 e. The van der Waals surface area contributed by atoms with Crippen molar-refractivity contribution in [3.05, 3.63) is 36.0 Å². The van der Waals surface area contributed by atoms with Crippen LogP contribution in [0.2, 0.25) is 0 Å². The van der Waals surface area contributed by atoms with Gasteiger partial charge in [0.2, 0.25) is 11.8 Å². The summed E-state index contributed by atoms with van der Waals surface area (Å²) < 4.78 is 0. The van der Waals surface area contributed by atoms with Gasteiger partial charge in [0.25, 0.3) is 0 Å². The Bertz CT molecular complexity index is 657. The molecule has 8 heteroatoms. The molecular weight excluding hydrogens is 300 g/mol. The second-order valence-corrected chi connectivity index (χ2v) is 4.94.